The Labute approximate surface area is 159 Å². The van der Waals surface area contributed by atoms with Gasteiger partial charge in [-0.05, 0) is 42.5 Å². The number of esters is 1. The Balaban J connectivity index is 1.95. The van der Waals surface area contributed by atoms with Gasteiger partial charge in [0.1, 0.15) is 0 Å². The monoisotopic (exact) mass is 377 g/mol. The Morgan fingerprint density at radius 2 is 1.81 bits per heavy atom. The second-order valence-electron chi connectivity index (χ2n) is 6.49. The highest BCUT2D eigenvalue weighted by molar-refractivity contribution is 5.89. The summed E-state index contributed by atoms with van der Waals surface area (Å²) in [6.45, 7) is 3.32. The van der Waals surface area contributed by atoms with Crippen LogP contribution in [0.5, 0.6) is 17.2 Å². The van der Waals surface area contributed by atoms with Crippen LogP contribution in [-0.2, 0) is 14.3 Å². The van der Waals surface area contributed by atoms with Gasteiger partial charge in [-0.1, -0.05) is 6.92 Å². The molecular weight excluding hydrogens is 350 g/mol. The van der Waals surface area contributed by atoms with Gasteiger partial charge in [-0.25, -0.2) is 4.79 Å². The number of hydrogen-bond acceptors (Lipinski definition) is 6. The van der Waals surface area contributed by atoms with Gasteiger partial charge >= 0.3 is 5.97 Å². The molecule has 1 aliphatic rings. The number of benzene rings is 1. The second kappa shape index (κ2) is 9.85. The minimum absolute atomic E-state index is 0.156. The molecule has 1 aliphatic heterocycles. The quantitative estimate of drug-likeness (QED) is 0.537. The summed E-state index contributed by atoms with van der Waals surface area (Å²) < 4.78 is 20.9. The van der Waals surface area contributed by atoms with Crippen LogP contribution in [-0.4, -0.2) is 57.8 Å². The molecule has 148 valence electrons. The van der Waals surface area contributed by atoms with Crippen LogP contribution in [0.3, 0.4) is 0 Å². The number of piperidine rings is 1. The topological polar surface area (TPSA) is 74.3 Å². The molecule has 1 heterocycles. The number of nitrogens with zero attached hydrogens (tertiary/aromatic N) is 1. The Morgan fingerprint density at radius 3 is 2.37 bits per heavy atom. The smallest absolute Gasteiger partial charge is 0.331 e. The minimum atomic E-state index is -0.581. The van der Waals surface area contributed by atoms with E-state index >= 15 is 0 Å². The molecule has 27 heavy (non-hydrogen) atoms. The molecule has 1 aromatic carbocycles. The summed E-state index contributed by atoms with van der Waals surface area (Å²) in [5.74, 6) is 1.19. The van der Waals surface area contributed by atoms with Gasteiger partial charge in [-0.15, -0.1) is 0 Å². The van der Waals surface area contributed by atoms with E-state index in [0.717, 1.165) is 25.9 Å². The van der Waals surface area contributed by atoms with E-state index in [1.165, 1.54) is 27.4 Å². The summed E-state index contributed by atoms with van der Waals surface area (Å²) in [6, 6.07) is 3.43. The molecule has 1 fully saturated rings. The summed E-state index contributed by atoms with van der Waals surface area (Å²) in [5.41, 5.74) is 0.678. The molecule has 0 spiro atoms. The third-order valence-corrected chi connectivity index (χ3v) is 4.45. The molecule has 0 aromatic heterocycles. The summed E-state index contributed by atoms with van der Waals surface area (Å²) in [4.78, 5) is 25.8. The molecule has 0 aliphatic carbocycles. The molecular formula is C20H27NO6. The van der Waals surface area contributed by atoms with Crippen LogP contribution in [0.2, 0.25) is 0 Å². The Kier molecular flexibility index (Phi) is 7.52. The van der Waals surface area contributed by atoms with Gasteiger partial charge in [0.05, 0.1) is 21.3 Å². The van der Waals surface area contributed by atoms with Gasteiger partial charge in [0.25, 0.3) is 5.91 Å². The Bertz CT molecular complexity index is 675. The van der Waals surface area contributed by atoms with Crippen molar-refractivity contribution in [3.63, 3.8) is 0 Å². The van der Waals surface area contributed by atoms with Crippen molar-refractivity contribution < 1.29 is 28.5 Å². The lowest BCUT2D eigenvalue weighted by Gasteiger charge is -2.30. The van der Waals surface area contributed by atoms with Crippen molar-refractivity contribution in [3.8, 4) is 17.2 Å². The van der Waals surface area contributed by atoms with Crippen LogP contribution in [0, 0.1) is 5.92 Å². The highest BCUT2D eigenvalue weighted by Crippen LogP contribution is 2.38. The molecule has 0 radical (unpaired) electrons. The third-order valence-electron chi connectivity index (χ3n) is 4.45. The van der Waals surface area contributed by atoms with Crippen molar-refractivity contribution in [1.29, 1.82) is 0 Å². The zero-order valence-electron chi connectivity index (χ0n) is 16.3. The fourth-order valence-corrected chi connectivity index (χ4v) is 3.05. The average molecular weight is 377 g/mol. The van der Waals surface area contributed by atoms with E-state index in [4.69, 9.17) is 18.9 Å². The van der Waals surface area contributed by atoms with Gasteiger partial charge < -0.3 is 23.8 Å². The number of ether oxygens (including phenoxy) is 4. The predicted molar refractivity (Wildman–Crippen MR) is 101 cm³/mol. The van der Waals surface area contributed by atoms with Crippen LogP contribution in [0.4, 0.5) is 0 Å². The van der Waals surface area contributed by atoms with Gasteiger partial charge in [-0.2, -0.15) is 0 Å². The van der Waals surface area contributed by atoms with Crippen molar-refractivity contribution >= 4 is 18.0 Å². The first-order chi connectivity index (χ1) is 13.0. The van der Waals surface area contributed by atoms with E-state index in [-0.39, 0.29) is 12.5 Å². The summed E-state index contributed by atoms with van der Waals surface area (Å²) in [7, 11) is 4.56. The molecule has 7 nitrogen and oxygen atoms in total. The number of carbonyl (C=O) groups excluding carboxylic acids is 2. The predicted octanol–water partition coefficient (Wildman–Crippen LogP) is 2.53. The van der Waals surface area contributed by atoms with Crippen LogP contribution >= 0.6 is 0 Å². The van der Waals surface area contributed by atoms with E-state index < -0.39 is 5.97 Å². The van der Waals surface area contributed by atoms with Crippen molar-refractivity contribution in [2.24, 2.45) is 5.92 Å². The van der Waals surface area contributed by atoms with Crippen LogP contribution in [0.25, 0.3) is 6.08 Å². The van der Waals surface area contributed by atoms with E-state index in [0.29, 0.717) is 28.7 Å². The normalized spacial score (nSPS) is 16.9. The summed E-state index contributed by atoms with van der Waals surface area (Å²) >= 11 is 0. The first-order valence-corrected chi connectivity index (χ1v) is 8.91. The Hall–Kier alpha value is -2.70. The minimum Gasteiger partial charge on any atom is -0.493 e. The van der Waals surface area contributed by atoms with Crippen LogP contribution < -0.4 is 14.2 Å². The standard InChI is InChI=1S/C20H27NO6/c1-14-6-5-9-21(12-14)18(22)13-27-19(23)8-7-15-10-16(24-2)20(26-4)17(11-15)25-3/h7-8,10-11,14H,5-6,9,12-13H2,1-4H3/b8-7+/t14-/m0/s1. The fourth-order valence-electron chi connectivity index (χ4n) is 3.05. The molecule has 1 amide bonds. The van der Waals surface area contributed by atoms with Gasteiger partial charge in [0.15, 0.2) is 18.1 Å². The lowest BCUT2D eigenvalue weighted by atomic mass is 10.0. The summed E-state index contributed by atoms with van der Waals surface area (Å²) in [6.07, 6.45) is 4.95. The largest absolute Gasteiger partial charge is 0.493 e. The van der Waals surface area contributed by atoms with Crippen molar-refractivity contribution in [2.45, 2.75) is 19.8 Å². The number of rotatable bonds is 7. The van der Waals surface area contributed by atoms with Gasteiger partial charge in [-0.3, -0.25) is 4.79 Å². The maximum absolute atomic E-state index is 12.1. The molecule has 2 rings (SSSR count). The molecule has 1 atom stereocenters. The molecule has 0 saturated carbocycles. The van der Waals surface area contributed by atoms with Crippen molar-refractivity contribution in [2.75, 3.05) is 41.0 Å². The van der Waals surface area contributed by atoms with Gasteiger partial charge in [0, 0.05) is 19.2 Å². The lowest BCUT2D eigenvalue weighted by molar-refractivity contribution is -0.149. The van der Waals surface area contributed by atoms with E-state index in [2.05, 4.69) is 6.92 Å². The lowest BCUT2D eigenvalue weighted by Crippen LogP contribution is -2.41. The first-order valence-electron chi connectivity index (χ1n) is 8.91. The molecule has 0 bridgehead atoms. The van der Waals surface area contributed by atoms with Gasteiger partial charge in [0.2, 0.25) is 5.75 Å². The van der Waals surface area contributed by atoms with E-state index in [9.17, 15) is 9.59 Å². The van der Waals surface area contributed by atoms with E-state index in [1.807, 2.05) is 0 Å². The summed E-state index contributed by atoms with van der Waals surface area (Å²) in [5, 5.41) is 0. The molecule has 1 saturated heterocycles. The third kappa shape index (κ3) is 5.64. The Morgan fingerprint density at radius 1 is 1.15 bits per heavy atom. The van der Waals surface area contributed by atoms with Crippen molar-refractivity contribution in [1.82, 2.24) is 4.90 Å². The zero-order chi connectivity index (χ0) is 19.8. The SMILES string of the molecule is COc1cc(/C=C/C(=O)OCC(=O)N2CCC[C@H](C)C2)cc(OC)c1OC. The number of carbonyl (C=O) groups is 2. The molecule has 0 unspecified atom stereocenters. The number of amides is 1. The number of likely N-dealkylation sites (tertiary alicyclic amines) is 1. The van der Waals surface area contributed by atoms with Crippen LogP contribution in [0.1, 0.15) is 25.3 Å². The maximum Gasteiger partial charge on any atom is 0.331 e. The molecule has 7 heteroatoms. The highest BCUT2D eigenvalue weighted by atomic mass is 16.5. The first kappa shape index (κ1) is 20.6. The van der Waals surface area contributed by atoms with Crippen LogP contribution in [0.15, 0.2) is 18.2 Å². The number of methoxy groups -OCH3 is 3. The molecule has 0 N–H and O–H groups in total. The zero-order valence-corrected chi connectivity index (χ0v) is 16.3. The highest BCUT2D eigenvalue weighted by Gasteiger charge is 2.21. The fraction of sp³-hybridized carbons (Fsp3) is 0.500. The van der Waals surface area contributed by atoms with Crippen molar-refractivity contribution in [3.05, 3.63) is 23.8 Å². The maximum atomic E-state index is 12.1. The average Bonchev–Trinajstić information content (AvgIpc) is 2.69. The number of hydrogen-bond donors (Lipinski definition) is 0. The second-order valence-corrected chi connectivity index (χ2v) is 6.49. The molecule has 1 aromatic rings. The van der Waals surface area contributed by atoms with E-state index in [1.54, 1.807) is 23.1 Å².